The molecule has 1 N–H and O–H groups in total. The average molecular weight is 268 g/mol. The summed E-state index contributed by atoms with van der Waals surface area (Å²) in [6.45, 7) is 6.84. The molecule has 0 aromatic carbocycles. The minimum absolute atomic E-state index is 0.402. The van der Waals surface area contributed by atoms with Crippen molar-refractivity contribution in [2.24, 2.45) is 10.9 Å². The van der Waals surface area contributed by atoms with E-state index in [0.717, 1.165) is 5.92 Å². The molecule has 1 saturated heterocycles. The van der Waals surface area contributed by atoms with Gasteiger partial charge >= 0.3 is 0 Å². The van der Waals surface area contributed by atoms with Gasteiger partial charge < -0.3 is 5.32 Å². The SMILES string of the molecule is CC(C)CCC(C)N=C1NC2(CCCCC2)CS1. The first kappa shape index (κ1) is 14.2. The molecule has 1 unspecified atom stereocenters. The maximum atomic E-state index is 4.87. The fourth-order valence-electron chi connectivity index (χ4n) is 2.91. The normalized spacial score (nSPS) is 26.8. The molecular formula is C15H28N2S. The number of nitrogens with one attached hydrogen (secondary N) is 1. The second-order valence-corrected chi connectivity index (χ2v) is 7.47. The summed E-state index contributed by atoms with van der Waals surface area (Å²) in [6, 6.07) is 0.473. The smallest absolute Gasteiger partial charge is 0.157 e. The zero-order valence-electron chi connectivity index (χ0n) is 12.2. The zero-order chi connectivity index (χ0) is 13.0. The molecule has 18 heavy (non-hydrogen) atoms. The first-order valence-electron chi connectivity index (χ1n) is 7.58. The van der Waals surface area contributed by atoms with Crippen molar-refractivity contribution in [3.05, 3.63) is 0 Å². The van der Waals surface area contributed by atoms with Crippen LogP contribution in [0.3, 0.4) is 0 Å². The van der Waals surface area contributed by atoms with Gasteiger partial charge in [-0.25, -0.2) is 0 Å². The Morgan fingerprint density at radius 2 is 1.89 bits per heavy atom. The molecule has 2 rings (SSSR count). The van der Waals surface area contributed by atoms with Gasteiger partial charge in [-0.2, -0.15) is 0 Å². The summed E-state index contributed by atoms with van der Waals surface area (Å²) < 4.78 is 0. The first-order chi connectivity index (χ1) is 8.60. The molecule has 1 aliphatic heterocycles. The van der Waals surface area contributed by atoms with E-state index in [4.69, 9.17) is 4.99 Å². The van der Waals surface area contributed by atoms with Crippen molar-refractivity contribution < 1.29 is 0 Å². The van der Waals surface area contributed by atoms with Crippen molar-refractivity contribution in [2.45, 2.75) is 77.3 Å². The van der Waals surface area contributed by atoms with E-state index in [-0.39, 0.29) is 0 Å². The third-order valence-corrected chi connectivity index (χ3v) is 5.35. The lowest BCUT2D eigenvalue weighted by Gasteiger charge is -2.32. The van der Waals surface area contributed by atoms with Crippen molar-refractivity contribution in [1.82, 2.24) is 5.32 Å². The largest absolute Gasteiger partial charge is 0.359 e. The van der Waals surface area contributed by atoms with E-state index in [2.05, 4.69) is 26.1 Å². The van der Waals surface area contributed by atoms with Gasteiger partial charge in [0.1, 0.15) is 0 Å². The summed E-state index contributed by atoms with van der Waals surface area (Å²) in [7, 11) is 0. The van der Waals surface area contributed by atoms with Gasteiger partial charge in [-0.3, -0.25) is 4.99 Å². The van der Waals surface area contributed by atoms with Crippen molar-refractivity contribution in [1.29, 1.82) is 0 Å². The Labute approximate surface area is 116 Å². The highest BCUT2D eigenvalue weighted by Gasteiger charge is 2.38. The van der Waals surface area contributed by atoms with Crippen LogP contribution in [0.4, 0.5) is 0 Å². The number of amidine groups is 1. The van der Waals surface area contributed by atoms with Gasteiger partial charge in [0.2, 0.25) is 0 Å². The van der Waals surface area contributed by atoms with Crippen LogP contribution < -0.4 is 5.32 Å². The van der Waals surface area contributed by atoms with Crippen LogP contribution in [0.15, 0.2) is 4.99 Å². The van der Waals surface area contributed by atoms with Crippen LogP contribution in [-0.2, 0) is 0 Å². The predicted octanol–water partition coefficient (Wildman–Crippen LogP) is 4.21. The summed E-state index contributed by atoms with van der Waals surface area (Å²) in [5.41, 5.74) is 0.402. The van der Waals surface area contributed by atoms with Gasteiger partial charge in [-0.1, -0.05) is 44.9 Å². The molecule has 104 valence electrons. The molecule has 1 aliphatic carbocycles. The standard InChI is InChI=1S/C15H28N2S/c1-12(2)7-8-13(3)16-14-17-15(11-18-14)9-5-4-6-10-15/h12-13H,4-11H2,1-3H3,(H,16,17). The second kappa shape index (κ2) is 6.31. The Morgan fingerprint density at radius 3 is 2.56 bits per heavy atom. The Kier molecular flexibility index (Phi) is 4.99. The van der Waals surface area contributed by atoms with Gasteiger partial charge in [0.25, 0.3) is 0 Å². The second-order valence-electron chi connectivity index (χ2n) is 6.51. The van der Waals surface area contributed by atoms with E-state index in [1.165, 1.54) is 55.9 Å². The van der Waals surface area contributed by atoms with Crippen LogP contribution >= 0.6 is 11.8 Å². The van der Waals surface area contributed by atoms with E-state index in [9.17, 15) is 0 Å². The van der Waals surface area contributed by atoms with Crippen LogP contribution in [-0.4, -0.2) is 22.5 Å². The number of aliphatic imine (C=N–C) groups is 1. The third kappa shape index (κ3) is 3.91. The molecule has 0 radical (unpaired) electrons. The minimum Gasteiger partial charge on any atom is -0.359 e. The molecule has 1 saturated carbocycles. The van der Waals surface area contributed by atoms with Gasteiger partial charge in [0.15, 0.2) is 5.17 Å². The molecule has 1 heterocycles. The third-order valence-electron chi connectivity index (χ3n) is 4.17. The van der Waals surface area contributed by atoms with Gasteiger partial charge in [-0.05, 0) is 38.5 Å². The molecule has 1 atom stereocenters. The van der Waals surface area contributed by atoms with Crippen LogP contribution in [0, 0.1) is 5.92 Å². The maximum Gasteiger partial charge on any atom is 0.157 e. The topological polar surface area (TPSA) is 24.4 Å². The Balaban J connectivity index is 1.83. The lowest BCUT2D eigenvalue weighted by molar-refractivity contribution is 0.303. The van der Waals surface area contributed by atoms with E-state index >= 15 is 0 Å². The number of hydrogen-bond acceptors (Lipinski definition) is 2. The molecular weight excluding hydrogens is 240 g/mol. The van der Waals surface area contributed by atoms with E-state index in [0.29, 0.717) is 11.6 Å². The van der Waals surface area contributed by atoms with E-state index in [1.54, 1.807) is 0 Å². The van der Waals surface area contributed by atoms with Gasteiger partial charge in [0, 0.05) is 17.3 Å². The molecule has 2 aliphatic rings. The maximum absolute atomic E-state index is 4.87. The Hall–Kier alpha value is -0.180. The van der Waals surface area contributed by atoms with Gasteiger partial charge in [0.05, 0.1) is 0 Å². The molecule has 0 amide bonds. The fourth-order valence-corrected chi connectivity index (χ4v) is 4.23. The number of rotatable bonds is 4. The van der Waals surface area contributed by atoms with Gasteiger partial charge in [-0.15, -0.1) is 0 Å². The summed E-state index contributed by atoms with van der Waals surface area (Å²) in [5, 5.41) is 4.95. The highest BCUT2D eigenvalue weighted by Crippen LogP contribution is 2.36. The number of thioether (sulfide) groups is 1. The summed E-state index contributed by atoms with van der Waals surface area (Å²) in [5.74, 6) is 2.03. The summed E-state index contributed by atoms with van der Waals surface area (Å²) in [4.78, 5) is 4.87. The predicted molar refractivity (Wildman–Crippen MR) is 82.4 cm³/mol. The lowest BCUT2D eigenvalue weighted by Crippen LogP contribution is -2.45. The summed E-state index contributed by atoms with van der Waals surface area (Å²) in [6.07, 6.45) is 9.40. The molecule has 2 nitrogen and oxygen atoms in total. The molecule has 0 aromatic rings. The first-order valence-corrected chi connectivity index (χ1v) is 8.57. The quantitative estimate of drug-likeness (QED) is 0.826. The highest BCUT2D eigenvalue weighted by molar-refractivity contribution is 8.14. The number of hydrogen-bond donors (Lipinski definition) is 1. The van der Waals surface area contributed by atoms with E-state index in [1.807, 2.05) is 11.8 Å². The minimum atomic E-state index is 0.402. The molecule has 2 fully saturated rings. The van der Waals surface area contributed by atoms with Crippen molar-refractivity contribution >= 4 is 16.9 Å². The monoisotopic (exact) mass is 268 g/mol. The van der Waals surface area contributed by atoms with Crippen LogP contribution in [0.1, 0.15) is 65.7 Å². The van der Waals surface area contributed by atoms with Crippen LogP contribution in [0.5, 0.6) is 0 Å². The molecule has 0 aromatic heterocycles. The Bertz CT molecular complexity index is 293. The zero-order valence-corrected chi connectivity index (χ0v) is 13.0. The highest BCUT2D eigenvalue weighted by atomic mass is 32.2. The van der Waals surface area contributed by atoms with E-state index < -0.39 is 0 Å². The van der Waals surface area contributed by atoms with Crippen LogP contribution in [0.25, 0.3) is 0 Å². The average Bonchev–Trinajstić information content (AvgIpc) is 2.70. The van der Waals surface area contributed by atoms with Crippen molar-refractivity contribution in [2.75, 3.05) is 5.75 Å². The molecule has 0 bridgehead atoms. The van der Waals surface area contributed by atoms with Crippen LogP contribution in [0.2, 0.25) is 0 Å². The molecule has 1 spiro atoms. The Morgan fingerprint density at radius 1 is 1.17 bits per heavy atom. The lowest BCUT2D eigenvalue weighted by atomic mass is 9.83. The molecule has 3 heteroatoms. The summed E-state index contributed by atoms with van der Waals surface area (Å²) >= 11 is 1.95. The van der Waals surface area contributed by atoms with Crippen molar-refractivity contribution in [3.8, 4) is 0 Å². The number of nitrogens with zero attached hydrogens (tertiary/aromatic N) is 1. The fraction of sp³-hybridized carbons (Fsp3) is 0.933. The van der Waals surface area contributed by atoms with Crippen molar-refractivity contribution in [3.63, 3.8) is 0 Å².